The summed E-state index contributed by atoms with van der Waals surface area (Å²) in [6, 6.07) is 0. The van der Waals surface area contributed by atoms with E-state index >= 15 is 0 Å². The van der Waals surface area contributed by atoms with Gasteiger partial charge in [-0.2, -0.15) is 0 Å². The molecule has 3 atom stereocenters. The van der Waals surface area contributed by atoms with E-state index in [4.69, 9.17) is 16.3 Å². The van der Waals surface area contributed by atoms with E-state index in [0.717, 1.165) is 5.70 Å². The quantitative estimate of drug-likeness (QED) is 0.379. The smallest absolute Gasteiger partial charge is 0.177 e. The fourth-order valence-electron chi connectivity index (χ4n) is 1.47. The minimum atomic E-state index is -0.114. The highest BCUT2D eigenvalue weighted by molar-refractivity contribution is 6.20. The maximum atomic E-state index is 5.99. The van der Waals surface area contributed by atoms with Gasteiger partial charge in [0.15, 0.2) is 5.62 Å². The molecule has 68 valence electrons. The summed E-state index contributed by atoms with van der Waals surface area (Å²) in [5.41, 5.74) is 2.21. The third kappa shape index (κ3) is 1.08. The van der Waals surface area contributed by atoms with Crippen LogP contribution in [0.2, 0.25) is 0 Å². The van der Waals surface area contributed by atoms with E-state index in [-0.39, 0.29) is 11.7 Å². The Kier molecular flexibility index (Phi) is 1.73. The Morgan fingerprint density at radius 3 is 2.50 bits per heavy atom. The third-order valence-corrected chi connectivity index (χ3v) is 2.93. The highest BCUT2D eigenvalue weighted by atomic mass is 35.5. The molecule has 1 fully saturated rings. The van der Waals surface area contributed by atoms with Crippen molar-refractivity contribution in [2.75, 3.05) is 7.05 Å². The number of alkyl halides is 1. The SMILES string of the molecule is CC1=C([C@H]2OC2C)NC(Cl)N1C. The second-order valence-electron chi connectivity index (χ2n) is 3.35. The molecule has 1 saturated heterocycles. The molecular formula is C8H13ClN2O. The van der Waals surface area contributed by atoms with Crippen molar-refractivity contribution in [1.29, 1.82) is 0 Å². The first-order valence-electron chi connectivity index (χ1n) is 4.11. The number of hydrogen-bond acceptors (Lipinski definition) is 3. The molecule has 4 heteroatoms. The fourth-order valence-corrected chi connectivity index (χ4v) is 1.73. The molecular weight excluding hydrogens is 176 g/mol. The Bertz CT molecular complexity index is 241. The Morgan fingerprint density at radius 1 is 1.58 bits per heavy atom. The van der Waals surface area contributed by atoms with Crippen molar-refractivity contribution in [2.45, 2.75) is 31.7 Å². The molecule has 0 saturated carbocycles. The highest BCUT2D eigenvalue weighted by Gasteiger charge is 2.42. The van der Waals surface area contributed by atoms with Crippen LogP contribution in [0.3, 0.4) is 0 Å². The molecule has 12 heavy (non-hydrogen) atoms. The first-order chi connectivity index (χ1) is 5.61. The fraction of sp³-hybridized carbons (Fsp3) is 0.750. The Labute approximate surface area is 77.3 Å². The van der Waals surface area contributed by atoms with Gasteiger partial charge in [-0.1, -0.05) is 11.6 Å². The number of rotatable bonds is 1. The van der Waals surface area contributed by atoms with Gasteiger partial charge in [0.05, 0.1) is 11.8 Å². The summed E-state index contributed by atoms with van der Waals surface area (Å²) in [6.07, 6.45) is 0.592. The summed E-state index contributed by atoms with van der Waals surface area (Å²) in [5.74, 6) is 0. The van der Waals surface area contributed by atoms with Crippen molar-refractivity contribution in [2.24, 2.45) is 0 Å². The van der Waals surface area contributed by atoms with Gasteiger partial charge in [-0.15, -0.1) is 0 Å². The van der Waals surface area contributed by atoms with Gasteiger partial charge in [-0.3, -0.25) is 0 Å². The van der Waals surface area contributed by atoms with Crippen LogP contribution in [0.4, 0.5) is 0 Å². The van der Waals surface area contributed by atoms with E-state index < -0.39 is 0 Å². The lowest BCUT2D eigenvalue weighted by Crippen LogP contribution is -2.29. The number of epoxide rings is 1. The van der Waals surface area contributed by atoms with Crippen molar-refractivity contribution in [3.8, 4) is 0 Å². The Morgan fingerprint density at radius 2 is 2.17 bits per heavy atom. The van der Waals surface area contributed by atoms with Crippen molar-refractivity contribution in [3.05, 3.63) is 11.4 Å². The van der Waals surface area contributed by atoms with Gasteiger partial charge in [-0.25, -0.2) is 0 Å². The van der Waals surface area contributed by atoms with E-state index in [1.54, 1.807) is 0 Å². The van der Waals surface area contributed by atoms with Gasteiger partial charge in [0, 0.05) is 12.7 Å². The predicted molar refractivity (Wildman–Crippen MR) is 47.6 cm³/mol. The second kappa shape index (κ2) is 2.54. The van der Waals surface area contributed by atoms with Crippen molar-refractivity contribution in [1.82, 2.24) is 10.2 Å². The second-order valence-corrected chi connectivity index (χ2v) is 3.77. The van der Waals surface area contributed by atoms with Crippen LogP contribution in [0.25, 0.3) is 0 Å². The Balaban J connectivity index is 2.15. The van der Waals surface area contributed by atoms with Crippen LogP contribution in [0, 0.1) is 0 Å². The van der Waals surface area contributed by atoms with Crippen LogP contribution in [-0.2, 0) is 4.74 Å². The van der Waals surface area contributed by atoms with Crippen LogP contribution >= 0.6 is 11.6 Å². The zero-order valence-electron chi connectivity index (χ0n) is 7.47. The largest absolute Gasteiger partial charge is 0.363 e. The molecule has 1 N–H and O–H groups in total. The summed E-state index contributed by atoms with van der Waals surface area (Å²) in [4.78, 5) is 2.01. The minimum Gasteiger partial charge on any atom is -0.363 e. The van der Waals surface area contributed by atoms with E-state index in [1.807, 2.05) is 11.9 Å². The van der Waals surface area contributed by atoms with Crippen molar-refractivity contribution >= 4 is 11.6 Å². The summed E-state index contributed by atoms with van der Waals surface area (Å²) >= 11 is 5.99. The molecule has 0 radical (unpaired) electrons. The highest BCUT2D eigenvalue weighted by Crippen LogP contribution is 2.33. The lowest BCUT2D eigenvalue weighted by molar-refractivity contribution is 0.385. The maximum Gasteiger partial charge on any atom is 0.177 e. The molecule has 0 aliphatic carbocycles. The molecule has 0 aromatic heterocycles. The van der Waals surface area contributed by atoms with Crippen LogP contribution in [0.15, 0.2) is 11.4 Å². The summed E-state index contributed by atoms with van der Waals surface area (Å²) in [7, 11) is 1.97. The number of allylic oxidation sites excluding steroid dienone is 1. The number of halogens is 1. The normalized spacial score (nSPS) is 40.3. The lowest BCUT2D eigenvalue weighted by Gasteiger charge is -2.16. The number of ether oxygens (including phenoxy) is 1. The molecule has 2 aliphatic heterocycles. The monoisotopic (exact) mass is 188 g/mol. The van der Waals surface area contributed by atoms with Crippen molar-refractivity contribution in [3.63, 3.8) is 0 Å². The number of nitrogens with zero attached hydrogens (tertiary/aromatic N) is 1. The maximum absolute atomic E-state index is 5.99. The molecule has 0 aromatic carbocycles. The standard InChI is InChI=1S/C8H13ClN2O/c1-4-6(7-5(2)12-7)10-8(9)11(4)3/h5,7-8,10H,1-3H3/t5?,7-,8?/m0/s1. The number of nitrogens with one attached hydrogen (secondary N) is 1. The topological polar surface area (TPSA) is 27.8 Å². The molecule has 0 amide bonds. The van der Waals surface area contributed by atoms with Crippen LogP contribution < -0.4 is 5.32 Å². The number of hydrogen-bond donors (Lipinski definition) is 1. The minimum absolute atomic E-state index is 0.114. The summed E-state index contributed by atoms with van der Waals surface area (Å²) < 4.78 is 5.36. The molecule has 0 bridgehead atoms. The van der Waals surface area contributed by atoms with Gasteiger partial charge in [0.1, 0.15) is 6.10 Å². The van der Waals surface area contributed by atoms with Crippen molar-refractivity contribution < 1.29 is 4.74 Å². The van der Waals surface area contributed by atoms with Gasteiger partial charge in [0.2, 0.25) is 0 Å². The van der Waals surface area contributed by atoms with Gasteiger partial charge in [0.25, 0.3) is 0 Å². The molecule has 0 aromatic rings. The first-order valence-corrected chi connectivity index (χ1v) is 4.54. The zero-order valence-corrected chi connectivity index (χ0v) is 8.22. The summed E-state index contributed by atoms with van der Waals surface area (Å²) in [6.45, 7) is 4.12. The molecule has 3 nitrogen and oxygen atoms in total. The molecule has 2 unspecified atom stereocenters. The average Bonchev–Trinajstić information content (AvgIpc) is 2.69. The molecule has 0 spiro atoms. The van der Waals surface area contributed by atoms with E-state index in [1.165, 1.54) is 5.70 Å². The molecule has 2 rings (SSSR count). The predicted octanol–water partition coefficient (Wildman–Crippen LogP) is 1.06. The summed E-state index contributed by atoms with van der Waals surface area (Å²) in [5, 5.41) is 3.19. The van der Waals surface area contributed by atoms with E-state index in [2.05, 4.69) is 19.2 Å². The lowest BCUT2D eigenvalue weighted by atomic mass is 10.2. The van der Waals surface area contributed by atoms with Crippen LogP contribution in [0.1, 0.15) is 13.8 Å². The molecule has 2 aliphatic rings. The zero-order chi connectivity index (χ0) is 8.88. The third-order valence-electron chi connectivity index (χ3n) is 2.53. The first kappa shape index (κ1) is 8.20. The van der Waals surface area contributed by atoms with Gasteiger partial charge in [-0.05, 0) is 13.8 Å². The molecule has 2 heterocycles. The van der Waals surface area contributed by atoms with E-state index in [9.17, 15) is 0 Å². The Hall–Kier alpha value is -0.410. The average molecular weight is 189 g/mol. The van der Waals surface area contributed by atoms with Gasteiger partial charge < -0.3 is 15.0 Å². The van der Waals surface area contributed by atoms with Crippen LogP contribution in [-0.4, -0.2) is 29.8 Å². The van der Waals surface area contributed by atoms with Crippen LogP contribution in [0.5, 0.6) is 0 Å². The van der Waals surface area contributed by atoms with Gasteiger partial charge >= 0.3 is 0 Å². The van der Waals surface area contributed by atoms with E-state index in [0.29, 0.717) is 6.10 Å².